The first-order valence-corrected chi connectivity index (χ1v) is 13.2. The third-order valence-electron chi connectivity index (χ3n) is 7.60. The SMILES string of the molecule is CCCCCSc1ccc(OCC(=O)OC2C3CC4CC(C3)CC2C4)c2ccccc12. The zero-order valence-corrected chi connectivity index (χ0v) is 19.4. The number of benzene rings is 2. The van der Waals surface area contributed by atoms with Crippen molar-refractivity contribution in [3.63, 3.8) is 0 Å². The maximum absolute atomic E-state index is 12.7. The van der Waals surface area contributed by atoms with E-state index in [2.05, 4.69) is 31.2 Å². The quantitative estimate of drug-likeness (QED) is 0.243. The summed E-state index contributed by atoms with van der Waals surface area (Å²) in [6, 6.07) is 12.5. The van der Waals surface area contributed by atoms with Crippen LogP contribution in [0.1, 0.15) is 58.3 Å². The van der Waals surface area contributed by atoms with Crippen molar-refractivity contribution >= 4 is 28.5 Å². The summed E-state index contributed by atoms with van der Waals surface area (Å²) in [7, 11) is 0. The molecule has 3 nitrogen and oxygen atoms in total. The van der Waals surface area contributed by atoms with Crippen LogP contribution in [0.5, 0.6) is 5.75 Å². The maximum Gasteiger partial charge on any atom is 0.344 e. The van der Waals surface area contributed by atoms with Gasteiger partial charge in [0.25, 0.3) is 0 Å². The van der Waals surface area contributed by atoms with Gasteiger partial charge in [-0.05, 0) is 85.5 Å². The van der Waals surface area contributed by atoms with Crippen molar-refractivity contribution < 1.29 is 14.3 Å². The van der Waals surface area contributed by atoms with Crippen molar-refractivity contribution in [3.8, 4) is 5.75 Å². The molecule has 0 N–H and O–H groups in total. The number of hydrogen-bond acceptors (Lipinski definition) is 4. The Morgan fingerprint density at radius 3 is 2.35 bits per heavy atom. The molecule has 31 heavy (non-hydrogen) atoms. The van der Waals surface area contributed by atoms with Crippen LogP contribution in [0.25, 0.3) is 10.8 Å². The van der Waals surface area contributed by atoms with Crippen LogP contribution in [0.15, 0.2) is 41.3 Å². The number of ether oxygens (including phenoxy) is 2. The summed E-state index contributed by atoms with van der Waals surface area (Å²) in [5.74, 6) is 4.65. The van der Waals surface area contributed by atoms with Crippen LogP contribution >= 0.6 is 11.8 Å². The van der Waals surface area contributed by atoms with Crippen LogP contribution in [0.2, 0.25) is 0 Å². The van der Waals surface area contributed by atoms with E-state index in [0.717, 1.165) is 28.7 Å². The first kappa shape index (κ1) is 21.2. The van der Waals surface area contributed by atoms with Crippen LogP contribution < -0.4 is 4.74 Å². The predicted octanol–water partition coefficient (Wildman–Crippen LogP) is 6.87. The number of thioether (sulfide) groups is 1. The Labute approximate surface area is 190 Å². The topological polar surface area (TPSA) is 35.5 Å². The molecule has 0 spiro atoms. The molecule has 0 unspecified atom stereocenters. The van der Waals surface area contributed by atoms with Gasteiger partial charge in [0.05, 0.1) is 0 Å². The number of rotatable bonds is 9. The zero-order chi connectivity index (χ0) is 21.2. The largest absolute Gasteiger partial charge is 0.481 e. The normalized spacial score (nSPS) is 28.7. The third-order valence-corrected chi connectivity index (χ3v) is 8.76. The highest BCUT2D eigenvalue weighted by Gasteiger charge is 2.49. The lowest BCUT2D eigenvalue weighted by Crippen LogP contribution is -2.50. The molecule has 4 heteroatoms. The number of carbonyl (C=O) groups is 1. The summed E-state index contributed by atoms with van der Waals surface area (Å²) in [6.45, 7) is 2.23. The predicted molar refractivity (Wildman–Crippen MR) is 127 cm³/mol. The first-order chi connectivity index (χ1) is 15.2. The van der Waals surface area contributed by atoms with Gasteiger partial charge >= 0.3 is 5.97 Å². The highest BCUT2D eigenvalue weighted by Crippen LogP contribution is 2.54. The van der Waals surface area contributed by atoms with Gasteiger partial charge in [-0.15, -0.1) is 11.8 Å². The maximum atomic E-state index is 12.7. The fourth-order valence-corrected chi connectivity index (χ4v) is 7.49. The molecule has 2 aromatic rings. The second kappa shape index (κ2) is 9.44. The van der Waals surface area contributed by atoms with Crippen molar-refractivity contribution in [3.05, 3.63) is 36.4 Å². The molecule has 0 aromatic heterocycles. The van der Waals surface area contributed by atoms with Crippen LogP contribution in [0, 0.1) is 23.7 Å². The Balaban J connectivity index is 1.21. The number of hydrogen-bond donors (Lipinski definition) is 0. The molecule has 2 aromatic carbocycles. The van der Waals surface area contributed by atoms with Gasteiger partial charge in [-0.25, -0.2) is 4.79 Å². The molecule has 4 bridgehead atoms. The summed E-state index contributed by atoms with van der Waals surface area (Å²) < 4.78 is 12.0. The first-order valence-electron chi connectivity index (χ1n) is 12.2. The second-order valence-corrected chi connectivity index (χ2v) is 11.0. The van der Waals surface area contributed by atoms with Crippen molar-refractivity contribution in [1.29, 1.82) is 0 Å². The van der Waals surface area contributed by atoms with E-state index in [1.165, 1.54) is 61.6 Å². The van der Waals surface area contributed by atoms with Crippen LogP contribution in [0.3, 0.4) is 0 Å². The Kier molecular flexibility index (Phi) is 6.45. The lowest BCUT2D eigenvalue weighted by Gasteiger charge is -2.53. The van der Waals surface area contributed by atoms with Crippen molar-refractivity contribution in [1.82, 2.24) is 0 Å². The molecule has 4 aliphatic rings. The van der Waals surface area contributed by atoms with Crippen molar-refractivity contribution in [2.75, 3.05) is 12.4 Å². The van der Waals surface area contributed by atoms with Gasteiger partial charge in [0.15, 0.2) is 6.61 Å². The Hall–Kier alpha value is -1.68. The van der Waals surface area contributed by atoms with E-state index in [9.17, 15) is 4.79 Å². The molecule has 4 saturated carbocycles. The molecule has 0 aliphatic heterocycles. The molecule has 0 amide bonds. The second-order valence-electron chi connectivity index (χ2n) is 9.84. The van der Waals surface area contributed by atoms with Gasteiger partial charge in [-0.2, -0.15) is 0 Å². The molecule has 4 fully saturated rings. The lowest BCUT2D eigenvalue weighted by atomic mass is 9.55. The highest BCUT2D eigenvalue weighted by molar-refractivity contribution is 7.99. The lowest BCUT2D eigenvalue weighted by molar-refractivity contribution is -0.172. The van der Waals surface area contributed by atoms with Crippen LogP contribution in [-0.4, -0.2) is 24.4 Å². The van der Waals surface area contributed by atoms with Gasteiger partial charge < -0.3 is 9.47 Å². The van der Waals surface area contributed by atoms with E-state index in [0.29, 0.717) is 11.8 Å². The van der Waals surface area contributed by atoms with Crippen LogP contribution in [-0.2, 0) is 9.53 Å². The summed E-state index contributed by atoms with van der Waals surface area (Å²) in [6.07, 6.45) is 10.3. The molecular formula is C27H34O3S. The molecule has 4 aliphatic carbocycles. The fraction of sp³-hybridized carbons (Fsp3) is 0.593. The summed E-state index contributed by atoms with van der Waals surface area (Å²) in [5, 5.41) is 2.28. The summed E-state index contributed by atoms with van der Waals surface area (Å²) >= 11 is 1.91. The molecule has 166 valence electrons. The molecule has 0 saturated heterocycles. The van der Waals surface area contributed by atoms with Crippen molar-refractivity contribution in [2.45, 2.75) is 69.3 Å². The minimum absolute atomic E-state index is 0.00419. The minimum atomic E-state index is -0.209. The van der Waals surface area contributed by atoms with E-state index in [-0.39, 0.29) is 18.7 Å². The number of carbonyl (C=O) groups excluding carboxylic acids is 1. The highest BCUT2D eigenvalue weighted by atomic mass is 32.2. The van der Waals surface area contributed by atoms with E-state index in [4.69, 9.17) is 9.47 Å². The molecular weight excluding hydrogens is 404 g/mol. The Bertz CT molecular complexity index is 896. The van der Waals surface area contributed by atoms with E-state index < -0.39 is 0 Å². The monoisotopic (exact) mass is 438 g/mol. The molecule has 0 atom stereocenters. The van der Waals surface area contributed by atoms with E-state index in [1.807, 2.05) is 23.9 Å². The van der Waals surface area contributed by atoms with Gasteiger partial charge in [0.1, 0.15) is 11.9 Å². The van der Waals surface area contributed by atoms with E-state index >= 15 is 0 Å². The smallest absolute Gasteiger partial charge is 0.344 e. The third kappa shape index (κ3) is 4.60. The average molecular weight is 439 g/mol. The van der Waals surface area contributed by atoms with Gasteiger partial charge in [0, 0.05) is 10.3 Å². The Morgan fingerprint density at radius 1 is 0.935 bits per heavy atom. The zero-order valence-electron chi connectivity index (χ0n) is 18.6. The number of fused-ring (bicyclic) bond motifs is 1. The standard InChI is InChI=1S/C27H34O3S/c1-2-3-6-11-31-25-10-9-24(22-7-4-5-8-23(22)25)29-17-26(28)30-27-20-13-18-12-19(15-20)16-21(27)14-18/h4-5,7-10,18-21,27H,2-3,6,11-17H2,1H3. The summed E-state index contributed by atoms with van der Waals surface area (Å²) in [5.41, 5.74) is 0. The molecule has 6 rings (SSSR count). The van der Waals surface area contributed by atoms with Crippen molar-refractivity contribution in [2.24, 2.45) is 23.7 Å². The molecule has 0 radical (unpaired) electrons. The number of esters is 1. The average Bonchev–Trinajstić information content (AvgIpc) is 2.78. The minimum Gasteiger partial charge on any atom is -0.481 e. The Morgan fingerprint density at radius 2 is 1.65 bits per heavy atom. The van der Waals surface area contributed by atoms with Gasteiger partial charge in [-0.3, -0.25) is 0 Å². The summed E-state index contributed by atoms with van der Waals surface area (Å²) in [4.78, 5) is 14.0. The van der Waals surface area contributed by atoms with Gasteiger partial charge in [0.2, 0.25) is 0 Å². The van der Waals surface area contributed by atoms with Gasteiger partial charge in [-0.1, -0.05) is 44.0 Å². The number of unbranched alkanes of at least 4 members (excludes halogenated alkanes) is 2. The van der Waals surface area contributed by atoms with Crippen LogP contribution in [0.4, 0.5) is 0 Å². The molecule has 0 heterocycles. The van der Waals surface area contributed by atoms with E-state index in [1.54, 1.807) is 0 Å². The fourth-order valence-electron chi connectivity index (χ4n) is 6.42.